The molecule has 35 heavy (non-hydrogen) atoms. The third-order valence-corrected chi connectivity index (χ3v) is 6.29. The van der Waals surface area contributed by atoms with Gasteiger partial charge in [0.15, 0.2) is 0 Å². The fourth-order valence-electron chi connectivity index (χ4n) is 3.64. The molecule has 0 saturated heterocycles. The minimum Gasteiger partial charge on any atom is -0.492 e. The molecule has 0 atom stereocenters. The number of aromatic nitrogens is 2. The highest BCUT2D eigenvalue weighted by Crippen LogP contribution is 2.22. The van der Waals surface area contributed by atoms with Crippen molar-refractivity contribution in [1.82, 2.24) is 14.5 Å². The number of benzene rings is 3. The molecule has 6 nitrogen and oxygen atoms in total. The lowest BCUT2D eigenvalue weighted by Crippen LogP contribution is -2.21. The first-order valence-electron chi connectivity index (χ1n) is 11.4. The van der Waals surface area contributed by atoms with Gasteiger partial charge in [0.1, 0.15) is 23.9 Å². The van der Waals surface area contributed by atoms with E-state index in [0.717, 1.165) is 36.0 Å². The Morgan fingerprint density at radius 2 is 1.34 bits per heavy atom. The SMILES string of the molecule is O=c1n(-c2ccc(OCCNCc3cccs3)cc2)ccn1-c1ccc(Oc2ccccc2)cc1. The lowest BCUT2D eigenvalue weighted by molar-refractivity contribution is 0.314. The van der Waals surface area contributed by atoms with Crippen LogP contribution in [0.1, 0.15) is 4.88 Å². The highest BCUT2D eigenvalue weighted by molar-refractivity contribution is 7.09. The lowest BCUT2D eigenvalue weighted by atomic mass is 10.3. The molecule has 3 aromatic carbocycles. The van der Waals surface area contributed by atoms with Gasteiger partial charge in [-0.3, -0.25) is 9.13 Å². The average Bonchev–Trinajstić information content (AvgIpc) is 3.55. The summed E-state index contributed by atoms with van der Waals surface area (Å²) in [6.45, 7) is 2.19. The highest BCUT2D eigenvalue weighted by atomic mass is 32.1. The van der Waals surface area contributed by atoms with Gasteiger partial charge in [-0.15, -0.1) is 11.3 Å². The Morgan fingerprint density at radius 3 is 1.97 bits per heavy atom. The lowest BCUT2D eigenvalue weighted by Gasteiger charge is -2.08. The van der Waals surface area contributed by atoms with Crippen molar-refractivity contribution < 1.29 is 9.47 Å². The summed E-state index contributed by atoms with van der Waals surface area (Å²) in [4.78, 5) is 14.3. The van der Waals surface area contributed by atoms with Crippen LogP contribution in [-0.4, -0.2) is 22.3 Å². The van der Waals surface area contributed by atoms with Crippen LogP contribution in [0.3, 0.4) is 0 Å². The van der Waals surface area contributed by atoms with Crippen molar-refractivity contribution in [2.75, 3.05) is 13.2 Å². The zero-order chi connectivity index (χ0) is 23.9. The summed E-state index contributed by atoms with van der Waals surface area (Å²) >= 11 is 1.74. The first-order chi connectivity index (χ1) is 17.3. The minimum absolute atomic E-state index is 0.145. The van der Waals surface area contributed by atoms with Crippen molar-refractivity contribution in [3.63, 3.8) is 0 Å². The summed E-state index contributed by atoms with van der Waals surface area (Å²) in [5, 5.41) is 5.44. The molecule has 0 aliphatic heterocycles. The topological polar surface area (TPSA) is 57.4 Å². The monoisotopic (exact) mass is 483 g/mol. The van der Waals surface area contributed by atoms with E-state index in [1.807, 2.05) is 78.9 Å². The molecule has 0 unspecified atom stereocenters. The maximum atomic E-state index is 13.0. The van der Waals surface area contributed by atoms with Gasteiger partial charge in [-0.2, -0.15) is 0 Å². The molecule has 1 N–H and O–H groups in total. The Labute approximate surface area is 207 Å². The van der Waals surface area contributed by atoms with Gasteiger partial charge in [0.2, 0.25) is 0 Å². The molecule has 0 aliphatic rings. The first-order valence-corrected chi connectivity index (χ1v) is 12.2. The second kappa shape index (κ2) is 10.9. The molecule has 2 aromatic heterocycles. The molecule has 0 amide bonds. The summed E-state index contributed by atoms with van der Waals surface area (Å²) in [6, 6.07) is 28.7. The molecule has 0 radical (unpaired) electrons. The largest absolute Gasteiger partial charge is 0.492 e. The maximum absolute atomic E-state index is 13.0. The number of para-hydroxylation sites is 1. The van der Waals surface area contributed by atoms with Gasteiger partial charge in [-0.05, 0) is 72.1 Å². The number of hydrogen-bond donors (Lipinski definition) is 1. The van der Waals surface area contributed by atoms with Crippen LogP contribution in [0, 0.1) is 0 Å². The highest BCUT2D eigenvalue weighted by Gasteiger charge is 2.08. The predicted octanol–water partition coefficient (Wildman–Crippen LogP) is 5.65. The van der Waals surface area contributed by atoms with Crippen molar-refractivity contribution >= 4 is 11.3 Å². The van der Waals surface area contributed by atoms with Gasteiger partial charge in [0.05, 0.1) is 11.4 Å². The summed E-state index contributed by atoms with van der Waals surface area (Å²) in [6.07, 6.45) is 3.53. The number of imidazole rings is 1. The molecular weight excluding hydrogens is 458 g/mol. The zero-order valence-corrected chi connectivity index (χ0v) is 19.9. The second-order valence-electron chi connectivity index (χ2n) is 7.83. The van der Waals surface area contributed by atoms with Crippen LogP contribution in [0.2, 0.25) is 0 Å². The van der Waals surface area contributed by atoms with Gasteiger partial charge >= 0.3 is 5.69 Å². The third kappa shape index (κ3) is 5.71. The Morgan fingerprint density at radius 1 is 0.714 bits per heavy atom. The molecule has 0 saturated carbocycles. The predicted molar refractivity (Wildman–Crippen MR) is 139 cm³/mol. The van der Waals surface area contributed by atoms with E-state index in [-0.39, 0.29) is 5.69 Å². The van der Waals surface area contributed by atoms with E-state index in [1.165, 1.54) is 4.88 Å². The smallest absolute Gasteiger partial charge is 0.337 e. The normalized spacial score (nSPS) is 10.9. The quantitative estimate of drug-likeness (QED) is 0.261. The van der Waals surface area contributed by atoms with Crippen molar-refractivity contribution in [3.8, 4) is 28.6 Å². The van der Waals surface area contributed by atoms with Crippen LogP contribution in [0.5, 0.6) is 17.2 Å². The Kier molecular flexibility index (Phi) is 7.07. The van der Waals surface area contributed by atoms with Crippen LogP contribution < -0.4 is 20.5 Å². The Bertz CT molecular complexity index is 1390. The van der Waals surface area contributed by atoms with E-state index in [2.05, 4.69) is 22.8 Å². The fraction of sp³-hybridized carbons (Fsp3) is 0.107. The molecule has 176 valence electrons. The molecule has 5 aromatic rings. The van der Waals surface area contributed by atoms with E-state index in [4.69, 9.17) is 9.47 Å². The Balaban J connectivity index is 1.18. The van der Waals surface area contributed by atoms with E-state index in [1.54, 1.807) is 32.9 Å². The Hall–Kier alpha value is -4.07. The summed E-state index contributed by atoms with van der Waals surface area (Å²) in [7, 11) is 0. The number of nitrogens with one attached hydrogen (secondary N) is 1. The number of nitrogens with zero attached hydrogens (tertiary/aromatic N) is 2. The molecule has 2 heterocycles. The first kappa shape index (κ1) is 22.7. The van der Waals surface area contributed by atoms with Crippen LogP contribution >= 0.6 is 11.3 Å². The van der Waals surface area contributed by atoms with E-state index < -0.39 is 0 Å². The number of ether oxygens (including phenoxy) is 2. The van der Waals surface area contributed by atoms with Gasteiger partial charge < -0.3 is 14.8 Å². The van der Waals surface area contributed by atoms with Crippen LogP contribution in [0.4, 0.5) is 0 Å². The number of thiophene rings is 1. The maximum Gasteiger partial charge on any atom is 0.337 e. The van der Waals surface area contributed by atoms with Crippen molar-refractivity contribution in [3.05, 3.63) is 124 Å². The zero-order valence-electron chi connectivity index (χ0n) is 19.0. The third-order valence-electron chi connectivity index (χ3n) is 5.41. The van der Waals surface area contributed by atoms with E-state index in [0.29, 0.717) is 12.4 Å². The summed E-state index contributed by atoms with van der Waals surface area (Å²) in [5.74, 6) is 2.25. The molecule has 0 aliphatic carbocycles. The van der Waals surface area contributed by atoms with Crippen LogP contribution in [-0.2, 0) is 6.54 Å². The second-order valence-corrected chi connectivity index (χ2v) is 8.86. The van der Waals surface area contributed by atoms with Gasteiger partial charge in [0, 0.05) is 30.4 Å². The molecule has 7 heteroatoms. The fourth-order valence-corrected chi connectivity index (χ4v) is 4.31. The molecular formula is C28H25N3O3S. The number of rotatable bonds is 10. The van der Waals surface area contributed by atoms with Crippen molar-refractivity contribution in [2.45, 2.75) is 6.54 Å². The van der Waals surface area contributed by atoms with E-state index in [9.17, 15) is 4.79 Å². The molecule has 0 fully saturated rings. The standard InChI is InChI=1S/C28H25N3O3S/c32-28-30(22-8-12-24(13-9-22)33-19-16-29-21-27-7-4-20-35-27)17-18-31(28)23-10-14-26(15-11-23)34-25-5-2-1-3-6-25/h1-15,17-18,20,29H,16,19,21H2. The van der Waals surface area contributed by atoms with Crippen LogP contribution in [0.25, 0.3) is 11.4 Å². The minimum atomic E-state index is -0.145. The number of hydrogen-bond acceptors (Lipinski definition) is 5. The average molecular weight is 484 g/mol. The van der Waals surface area contributed by atoms with Crippen molar-refractivity contribution in [2.24, 2.45) is 0 Å². The van der Waals surface area contributed by atoms with Gasteiger partial charge in [0.25, 0.3) is 0 Å². The summed E-state index contributed by atoms with van der Waals surface area (Å²) in [5.41, 5.74) is 1.40. The summed E-state index contributed by atoms with van der Waals surface area (Å²) < 4.78 is 14.9. The molecule has 0 bridgehead atoms. The van der Waals surface area contributed by atoms with Gasteiger partial charge in [-0.25, -0.2) is 4.79 Å². The van der Waals surface area contributed by atoms with Crippen molar-refractivity contribution in [1.29, 1.82) is 0 Å². The molecule has 5 rings (SSSR count). The van der Waals surface area contributed by atoms with Gasteiger partial charge in [-0.1, -0.05) is 24.3 Å². The van der Waals surface area contributed by atoms with E-state index >= 15 is 0 Å². The molecule has 0 spiro atoms. The van der Waals surface area contributed by atoms with Crippen LogP contribution in [0.15, 0.2) is 114 Å².